The summed E-state index contributed by atoms with van der Waals surface area (Å²) in [4.78, 5) is 40.3. The Labute approximate surface area is 512 Å². The fourth-order valence-electron chi connectivity index (χ4n) is 10.3. The van der Waals surface area contributed by atoms with Gasteiger partial charge in [0.25, 0.3) is 5.91 Å². The van der Waals surface area contributed by atoms with Crippen LogP contribution in [0.5, 0.6) is 0 Å². The maximum absolute atomic E-state index is 14.0. The van der Waals surface area contributed by atoms with Crippen molar-refractivity contribution in [2.45, 2.75) is 116 Å². The molecule has 2 aromatic heterocycles. The predicted molar refractivity (Wildman–Crippen MR) is 316 cm³/mol. The van der Waals surface area contributed by atoms with Gasteiger partial charge in [-0.2, -0.15) is 0 Å². The maximum atomic E-state index is 14.0. The molecule has 14 nitrogen and oxygen atoms in total. The summed E-state index contributed by atoms with van der Waals surface area (Å²) in [6.45, 7) is 8.43. The number of benzene rings is 6. The molecule has 428 valence electrons. The molecule has 1 amide bonds. The summed E-state index contributed by atoms with van der Waals surface area (Å²) >= 11 is 0. The molecule has 2 heterocycles. The van der Waals surface area contributed by atoms with Gasteiger partial charge in [-0.3, -0.25) is 14.6 Å². The van der Waals surface area contributed by atoms with Gasteiger partial charge in [0.1, 0.15) is 11.6 Å². The number of hydrogen-bond acceptors (Lipinski definition) is 10. The van der Waals surface area contributed by atoms with E-state index >= 15 is 0 Å². The molecule has 8 aromatic rings. The van der Waals surface area contributed by atoms with E-state index in [-0.39, 0.29) is 100 Å². The maximum Gasteiger partial charge on any atom is 2.00 e. The minimum absolute atomic E-state index is 0. The first kappa shape index (κ1) is 64.9. The first-order valence-electron chi connectivity index (χ1n) is 27.3. The van der Waals surface area contributed by atoms with Crippen molar-refractivity contribution in [1.82, 2.24) is 9.13 Å². The van der Waals surface area contributed by atoms with Crippen molar-refractivity contribution in [3.8, 4) is 44.8 Å². The van der Waals surface area contributed by atoms with Gasteiger partial charge in [0.05, 0.1) is 53.5 Å². The van der Waals surface area contributed by atoms with Gasteiger partial charge >= 0.3 is 43.7 Å². The van der Waals surface area contributed by atoms with Crippen LogP contribution in [0.2, 0.25) is 0 Å². The third-order valence-corrected chi connectivity index (χ3v) is 13.8. The second-order valence-corrected chi connectivity index (χ2v) is 20.7. The number of amides is 1. The Morgan fingerprint density at radius 3 is 1.31 bits per heavy atom. The molecule has 0 fully saturated rings. The van der Waals surface area contributed by atoms with E-state index in [9.17, 15) is 53.8 Å². The van der Waals surface area contributed by atoms with Crippen molar-refractivity contribution in [2.75, 3.05) is 5.32 Å². The van der Waals surface area contributed by atoms with Crippen molar-refractivity contribution in [1.29, 1.82) is 0 Å². The van der Waals surface area contributed by atoms with Crippen LogP contribution in [0.3, 0.4) is 0 Å². The number of rotatable bonds is 24. The number of aliphatic hydroxyl groups is 4. The predicted octanol–water partition coefficient (Wildman–Crippen LogP) is 10.1. The average Bonchev–Trinajstić information content (AvgIpc) is 3.14. The molecule has 0 aliphatic heterocycles. The Hall–Kier alpha value is -7.28. The number of hydrogen-bond donors (Lipinski definition) is 6. The standard InChI is InChI=1S/2C33H35FN2O5.Ca/c2*1-21(2)31-30(33(41)35-25-11-7-4-8-12-25)29(22-9-5-3-6-10-22)32(23-13-15-24(34)16-14-23)36(31)18-17-26(37)19-27(38)20-28(39)40;/h2*3-16,21,26-27,37-38H,17-20H2,1-2H3,(H,35,41)(H,39,40);/q;;+2/p-2/t2*26-,27+;/m00./s1. The Bertz CT molecular complexity index is 3410. The van der Waals surface area contributed by atoms with E-state index in [1.807, 2.05) is 134 Å². The molecule has 6 aromatic carbocycles. The molecule has 0 spiro atoms. The second-order valence-electron chi connectivity index (χ2n) is 20.7. The topological polar surface area (TPSA) is 233 Å². The first-order chi connectivity index (χ1) is 39.3. The number of nitrogens with one attached hydrogen (secondary N) is 1. The number of anilines is 1. The summed E-state index contributed by atoms with van der Waals surface area (Å²) in [5.41, 5.74) is 9.19. The zero-order chi connectivity index (χ0) is 59.0. The number of carbonyl (C=O) groups is 3. The molecule has 0 aliphatic carbocycles. The van der Waals surface area contributed by atoms with Crippen LogP contribution >= 0.6 is 0 Å². The van der Waals surface area contributed by atoms with Crippen LogP contribution in [-0.4, -0.2) is 121 Å². The Morgan fingerprint density at radius 2 is 0.904 bits per heavy atom. The SMILES string of the molecule is CC(C)c1c(C(=O)Nc2ccccc2)c(-c2ccccc2)c(-c2ccc(F)cc2)n1CC[C@H](O)C[C@@H](O)CC(=O)O.CC(C)c1c(C([O-])=Nc2ccccc2)c(-c2ccccc2)c(-c2ccc(F)cc2)n1CC[C@H](O)C[C@@H](O)CC(=O)[O-].[Ca+2]. The minimum atomic E-state index is -1.39. The molecule has 0 radical (unpaired) electrons. The Balaban J connectivity index is 0.000000263. The van der Waals surface area contributed by atoms with Crippen molar-refractivity contribution in [3.05, 3.63) is 204 Å². The molecule has 0 aliphatic rings. The smallest absolute Gasteiger partial charge is 0.858 e. The fourth-order valence-corrected chi connectivity index (χ4v) is 10.3. The molecule has 0 saturated carbocycles. The molecule has 6 N–H and O–H groups in total. The summed E-state index contributed by atoms with van der Waals surface area (Å²) < 4.78 is 32.0. The fraction of sp³-hybridized carbons (Fsp3) is 0.273. The van der Waals surface area contributed by atoms with Gasteiger partial charge in [0.2, 0.25) is 0 Å². The molecule has 4 atom stereocenters. The van der Waals surface area contributed by atoms with E-state index in [1.54, 1.807) is 48.5 Å². The first-order valence-corrected chi connectivity index (χ1v) is 27.3. The molecular formula is C66H68CaF2N4O10. The second kappa shape index (κ2) is 30.9. The largest absolute Gasteiger partial charge is 2.00 e. The van der Waals surface area contributed by atoms with E-state index in [2.05, 4.69) is 10.3 Å². The summed E-state index contributed by atoms with van der Waals surface area (Å²) in [5.74, 6) is -4.29. The molecule has 0 bridgehead atoms. The average molecular weight is 1160 g/mol. The van der Waals surface area contributed by atoms with Crippen LogP contribution in [0.1, 0.15) is 105 Å². The molecule has 0 saturated heterocycles. The summed E-state index contributed by atoms with van der Waals surface area (Å²) in [7, 11) is 0. The van der Waals surface area contributed by atoms with Crippen LogP contribution in [0.4, 0.5) is 20.2 Å². The van der Waals surface area contributed by atoms with Gasteiger partial charge in [-0.05, 0) is 138 Å². The van der Waals surface area contributed by atoms with E-state index in [1.165, 1.54) is 24.3 Å². The van der Waals surface area contributed by atoms with E-state index in [4.69, 9.17) is 5.11 Å². The quantitative estimate of drug-likeness (QED) is 0.0190. The zero-order valence-corrected chi connectivity index (χ0v) is 49.1. The number of aliphatic hydroxyl groups excluding tert-OH is 4. The number of carboxylic acid groups (broad SMARTS) is 2. The number of carbonyl (C=O) groups excluding carboxylic acids is 2. The molecule has 8 rings (SSSR count). The van der Waals surface area contributed by atoms with Gasteiger partial charge in [0.15, 0.2) is 0 Å². The Morgan fingerprint density at radius 1 is 0.518 bits per heavy atom. The van der Waals surface area contributed by atoms with Crippen LogP contribution in [-0.2, 0) is 22.7 Å². The van der Waals surface area contributed by atoms with Crippen LogP contribution in [0, 0.1) is 11.6 Å². The Kier molecular flexibility index (Phi) is 24.1. The molecule has 83 heavy (non-hydrogen) atoms. The van der Waals surface area contributed by atoms with Crippen LogP contribution in [0.15, 0.2) is 175 Å². The third kappa shape index (κ3) is 17.4. The van der Waals surface area contributed by atoms with Gasteiger partial charge in [-0.25, -0.2) is 8.78 Å². The number of para-hydroxylation sites is 2. The van der Waals surface area contributed by atoms with Gasteiger partial charge in [0, 0.05) is 59.2 Å². The van der Waals surface area contributed by atoms with Gasteiger partial charge in [-0.15, -0.1) is 0 Å². The van der Waals surface area contributed by atoms with Crippen molar-refractivity contribution >= 4 is 72.9 Å². The van der Waals surface area contributed by atoms with E-state index in [0.717, 1.165) is 16.8 Å². The van der Waals surface area contributed by atoms with Crippen LogP contribution < -0.4 is 15.5 Å². The number of aliphatic carboxylic acids is 2. The molecular weight excluding hydrogens is 1090 g/mol. The van der Waals surface area contributed by atoms with Crippen molar-refractivity contribution < 1.29 is 58.9 Å². The number of halogens is 2. The zero-order valence-electron chi connectivity index (χ0n) is 46.9. The summed E-state index contributed by atoms with van der Waals surface area (Å²) in [6, 6.07) is 49.2. The van der Waals surface area contributed by atoms with Crippen LogP contribution in [0.25, 0.3) is 44.8 Å². The van der Waals surface area contributed by atoms with Crippen molar-refractivity contribution in [3.63, 3.8) is 0 Å². The van der Waals surface area contributed by atoms with Gasteiger partial charge < -0.3 is 55.0 Å². The number of carboxylic acids is 2. The normalized spacial score (nSPS) is 12.9. The third-order valence-electron chi connectivity index (χ3n) is 13.8. The minimum Gasteiger partial charge on any atom is -0.858 e. The van der Waals surface area contributed by atoms with E-state index in [0.29, 0.717) is 61.8 Å². The summed E-state index contributed by atoms with van der Waals surface area (Å²) in [5, 5.41) is 78.3. The summed E-state index contributed by atoms with van der Waals surface area (Å²) in [6.07, 6.45) is -5.31. The number of aromatic nitrogens is 2. The van der Waals surface area contributed by atoms with Crippen molar-refractivity contribution in [2.24, 2.45) is 4.99 Å². The molecule has 0 unspecified atom stereocenters. The monoisotopic (exact) mass is 1150 g/mol. The van der Waals surface area contributed by atoms with Gasteiger partial charge in [-0.1, -0.05) is 125 Å². The molecule has 17 heteroatoms. The van der Waals surface area contributed by atoms with E-state index < -0.39 is 60.9 Å². The number of aliphatic imine (C=N–C) groups is 1. The number of nitrogens with zero attached hydrogens (tertiary/aromatic N) is 3.